The average molecular weight is 276 g/mol. The Labute approximate surface area is 119 Å². The molecule has 2 atom stereocenters. The molecular weight excluding hydrogens is 252 g/mol. The summed E-state index contributed by atoms with van der Waals surface area (Å²) in [6.07, 6.45) is 3.11. The van der Waals surface area contributed by atoms with Gasteiger partial charge in [0, 0.05) is 25.7 Å². The highest BCUT2D eigenvalue weighted by molar-refractivity contribution is 5.78. The lowest BCUT2D eigenvalue weighted by Gasteiger charge is -2.36. The van der Waals surface area contributed by atoms with Gasteiger partial charge in [0.25, 0.3) is 0 Å². The molecule has 1 fully saturated rings. The van der Waals surface area contributed by atoms with E-state index in [-0.39, 0.29) is 0 Å². The van der Waals surface area contributed by atoms with E-state index in [9.17, 15) is 0 Å². The molecule has 2 unspecified atom stereocenters. The number of imidazole rings is 1. The van der Waals surface area contributed by atoms with Crippen LogP contribution in [0.25, 0.3) is 11.2 Å². The Kier molecular flexibility index (Phi) is 3.20. The van der Waals surface area contributed by atoms with Gasteiger partial charge in [0.2, 0.25) is 5.95 Å². The Morgan fingerprint density at radius 2 is 2.10 bits per heavy atom. The summed E-state index contributed by atoms with van der Waals surface area (Å²) < 4.78 is 4.13. The Morgan fingerprint density at radius 3 is 2.75 bits per heavy atom. The Morgan fingerprint density at radius 1 is 1.35 bits per heavy atom. The second kappa shape index (κ2) is 4.77. The van der Waals surface area contributed by atoms with Gasteiger partial charge in [-0.2, -0.15) is 5.10 Å². The lowest BCUT2D eigenvalue weighted by atomic mass is 9.99. The quantitative estimate of drug-likeness (QED) is 0.904. The standard InChI is InChI=1S/C14H24N6/c1-5-11-12-13(19(4)17-11)20(14(15)16-12)10-6-7-18(3)9(2)8-10/h9-10H,5-8H2,1-4H3,(H2,15,16). The van der Waals surface area contributed by atoms with Crippen molar-refractivity contribution < 1.29 is 0 Å². The molecule has 1 aliphatic heterocycles. The van der Waals surface area contributed by atoms with E-state index < -0.39 is 0 Å². The molecule has 0 amide bonds. The fourth-order valence-electron chi connectivity index (χ4n) is 3.32. The van der Waals surface area contributed by atoms with Crippen LogP contribution < -0.4 is 5.73 Å². The number of nitrogens with two attached hydrogens (primary N) is 1. The molecule has 6 nitrogen and oxygen atoms in total. The molecule has 0 spiro atoms. The van der Waals surface area contributed by atoms with Crippen molar-refractivity contribution in [3.8, 4) is 0 Å². The zero-order valence-electron chi connectivity index (χ0n) is 12.8. The van der Waals surface area contributed by atoms with E-state index in [0.717, 1.165) is 42.7 Å². The number of fused-ring (bicyclic) bond motifs is 1. The number of hydrogen-bond donors (Lipinski definition) is 1. The fourth-order valence-corrected chi connectivity index (χ4v) is 3.32. The molecule has 1 saturated heterocycles. The Balaban J connectivity index is 2.07. The van der Waals surface area contributed by atoms with Crippen LogP contribution in [0.5, 0.6) is 0 Å². The smallest absolute Gasteiger partial charge is 0.202 e. The van der Waals surface area contributed by atoms with Crippen molar-refractivity contribution in [1.82, 2.24) is 24.2 Å². The van der Waals surface area contributed by atoms with Crippen LogP contribution in [0.1, 0.15) is 38.4 Å². The van der Waals surface area contributed by atoms with E-state index in [0.29, 0.717) is 18.0 Å². The molecular formula is C14H24N6. The molecule has 0 aromatic carbocycles. The lowest BCUT2D eigenvalue weighted by molar-refractivity contribution is 0.159. The Hall–Kier alpha value is -1.56. The summed E-state index contributed by atoms with van der Waals surface area (Å²) in [4.78, 5) is 6.97. The van der Waals surface area contributed by atoms with Gasteiger partial charge < -0.3 is 10.6 Å². The number of piperidine rings is 1. The molecule has 0 aliphatic carbocycles. The maximum absolute atomic E-state index is 6.20. The van der Waals surface area contributed by atoms with Crippen molar-refractivity contribution in [1.29, 1.82) is 0 Å². The highest BCUT2D eigenvalue weighted by Gasteiger charge is 2.28. The second-order valence-corrected chi connectivity index (χ2v) is 5.94. The molecule has 2 N–H and O–H groups in total. The van der Waals surface area contributed by atoms with Crippen LogP contribution in [0.15, 0.2) is 0 Å². The maximum atomic E-state index is 6.20. The first-order chi connectivity index (χ1) is 9.52. The first kappa shape index (κ1) is 13.4. The summed E-state index contributed by atoms with van der Waals surface area (Å²) >= 11 is 0. The summed E-state index contributed by atoms with van der Waals surface area (Å²) in [6.45, 7) is 5.48. The van der Waals surface area contributed by atoms with Crippen LogP contribution >= 0.6 is 0 Å². The first-order valence-electron chi connectivity index (χ1n) is 7.42. The van der Waals surface area contributed by atoms with Gasteiger partial charge in [0.1, 0.15) is 5.52 Å². The maximum Gasteiger partial charge on any atom is 0.202 e. The molecule has 1 aliphatic rings. The predicted octanol–water partition coefficient (Wildman–Crippen LogP) is 1.57. The number of nitrogens with zero attached hydrogens (tertiary/aromatic N) is 5. The van der Waals surface area contributed by atoms with Crippen LogP contribution in [-0.4, -0.2) is 43.9 Å². The number of aryl methyl sites for hydroxylation is 2. The van der Waals surface area contributed by atoms with Gasteiger partial charge in [-0.1, -0.05) is 6.92 Å². The van der Waals surface area contributed by atoms with E-state index in [1.54, 1.807) is 0 Å². The highest BCUT2D eigenvalue weighted by Crippen LogP contribution is 2.32. The SMILES string of the molecule is CCc1nn(C)c2c1nc(N)n2C1CCN(C)C(C)C1. The molecule has 110 valence electrons. The molecule has 20 heavy (non-hydrogen) atoms. The number of aromatic nitrogens is 4. The van der Waals surface area contributed by atoms with Crippen LogP contribution in [0.4, 0.5) is 5.95 Å². The first-order valence-corrected chi connectivity index (χ1v) is 7.42. The third-order valence-electron chi connectivity index (χ3n) is 4.64. The number of rotatable bonds is 2. The van der Waals surface area contributed by atoms with Gasteiger partial charge in [-0.15, -0.1) is 0 Å². The topological polar surface area (TPSA) is 64.9 Å². The van der Waals surface area contributed by atoms with Gasteiger partial charge >= 0.3 is 0 Å². The molecule has 0 saturated carbocycles. The van der Waals surface area contributed by atoms with Crippen molar-refractivity contribution in [2.75, 3.05) is 19.3 Å². The summed E-state index contributed by atoms with van der Waals surface area (Å²) in [7, 11) is 4.17. The van der Waals surface area contributed by atoms with E-state index in [1.165, 1.54) is 0 Å². The van der Waals surface area contributed by atoms with Gasteiger partial charge in [0.05, 0.1) is 5.69 Å². The van der Waals surface area contributed by atoms with Gasteiger partial charge in [-0.25, -0.2) is 4.98 Å². The van der Waals surface area contributed by atoms with E-state index >= 15 is 0 Å². The minimum absolute atomic E-state index is 0.423. The molecule has 0 bridgehead atoms. The van der Waals surface area contributed by atoms with Crippen LogP contribution in [-0.2, 0) is 13.5 Å². The predicted molar refractivity (Wildman–Crippen MR) is 80.7 cm³/mol. The van der Waals surface area contributed by atoms with Crippen LogP contribution in [0.2, 0.25) is 0 Å². The molecule has 3 rings (SSSR count). The van der Waals surface area contributed by atoms with Crippen LogP contribution in [0.3, 0.4) is 0 Å². The molecule has 2 aromatic rings. The summed E-state index contributed by atoms with van der Waals surface area (Å²) in [5.41, 5.74) is 9.28. The summed E-state index contributed by atoms with van der Waals surface area (Å²) in [5, 5.41) is 4.57. The minimum atomic E-state index is 0.423. The third-order valence-corrected chi connectivity index (χ3v) is 4.64. The van der Waals surface area contributed by atoms with Gasteiger partial charge in [-0.05, 0) is 33.2 Å². The number of nitrogen functional groups attached to an aromatic ring is 1. The third kappa shape index (κ3) is 1.90. The highest BCUT2D eigenvalue weighted by atomic mass is 15.4. The minimum Gasteiger partial charge on any atom is -0.369 e. The lowest BCUT2D eigenvalue weighted by Crippen LogP contribution is -2.38. The average Bonchev–Trinajstić information content (AvgIpc) is 2.90. The molecule has 3 heterocycles. The van der Waals surface area contributed by atoms with Crippen molar-refractivity contribution >= 4 is 17.1 Å². The largest absolute Gasteiger partial charge is 0.369 e. The van der Waals surface area contributed by atoms with Crippen molar-refractivity contribution in [2.24, 2.45) is 7.05 Å². The number of anilines is 1. The zero-order valence-corrected chi connectivity index (χ0v) is 12.8. The summed E-state index contributed by atoms with van der Waals surface area (Å²) in [6, 6.07) is 0.996. The van der Waals surface area contributed by atoms with Crippen molar-refractivity contribution in [2.45, 2.75) is 45.2 Å². The monoisotopic (exact) mass is 276 g/mol. The van der Waals surface area contributed by atoms with Crippen LogP contribution in [0, 0.1) is 0 Å². The second-order valence-electron chi connectivity index (χ2n) is 5.94. The molecule has 2 aromatic heterocycles. The van der Waals surface area contributed by atoms with E-state index in [1.807, 2.05) is 11.7 Å². The van der Waals surface area contributed by atoms with E-state index in [4.69, 9.17) is 5.73 Å². The molecule has 6 heteroatoms. The zero-order chi connectivity index (χ0) is 14.4. The van der Waals surface area contributed by atoms with Crippen molar-refractivity contribution in [3.63, 3.8) is 0 Å². The summed E-state index contributed by atoms with van der Waals surface area (Å²) in [5.74, 6) is 0.629. The molecule has 0 radical (unpaired) electrons. The van der Waals surface area contributed by atoms with E-state index in [2.05, 4.69) is 40.4 Å². The number of likely N-dealkylation sites (tertiary alicyclic amines) is 1. The van der Waals surface area contributed by atoms with Gasteiger partial charge in [0.15, 0.2) is 5.65 Å². The van der Waals surface area contributed by atoms with Gasteiger partial charge in [-0.3, -0.25) is 9.25 Å². The fraction of sp³-hybridized carbons (Fsp3) is 0.714. The van der Waals surface area contributed by atoms with Crippen molar-refractivity contribution in [3.05, 3.63) is 5.69 Å². The Bertz CT molecular complexity index is 625. The normalized spacial score (nSPS) is 24.6. The number of hydrogen-bond acceptors (Lipinski definition) is 4.